The van der Waals surface area contributed by atoms with Crippen molar-refractivity contribution < 1.29 is 9.53 Å². The lowest BCUT2D eigenvalue weighted by atomic mass is 10.1. The van der Waals surface area contributed by atoms with E-state index < -0.39 is 0 Å². The summed E-state index contributed by atoms with van der Waals surface area (Å²) >= 11 is 3.44. The highest BCUT2D eigenvalue weighted by Crippen LogP contribution is 2.19. The normalized spacial score (nSPS) is 11.0. The van der Waals surface area contributed by atoms with Gasteiger partial charge in [0.05, 0.1) is 18.5 Å². The minimum absolute atomic E-state index is 0.278. The van der Waals surface area contributed by atoms with Crippen LogP contribution in [0.4, 0.5) is 0 Å². The molecule has 0 saturated heterocycles. The Morgan fingerprint density at radius 2 is 1.82 bits per heavy atom. The van der Waals surface area contributed by atoms with Crippen LogP contribution < -0.4 is 10.2 Å². The molecule has 1 amide bonds. The van der Waals surface area contributed by atoms with Gasteiger partial charge in [-0.15, -0.1) is 0 Å². The zero-order valence-corrected chi connectivity index (χ0v) is 20.6. The molecule has 172 valence electrons. The lowest BCUT2D eigenvalue weighted by molar-refractivity contribution is 0.0955. The molecule has 0 aliphatic heterocycles. The number of hydrazone groups is 1. The lowest BCUT2D eigenvalue weighted by Crippen LogP contribution is -2.18. The van der Waals surface area contributed by atoms with E-state index in [4.69, 9.17) is 4.74 Å². The van der Waals surface area contributed by atoms with Crippen LogP contribution in [-0.2, 0) is 13.2 Å². The number of rotatable bonds is 8. The van der Waals surface area contributed by atoms with Crippen molar-refractivity contribution in [2.24, 2.45) is 5.10 Å². The van der Waals surface area contributed by atoms with Crippen LogP contribution >= 0.6 is 15.9 Å². The predicted molar refractivity (Wildman–Crippen MR) is 137 cm³/mol. The molecule has 1 heterocycles. The zero-order valence-electron chi connectivity index (χ0n) is 19.0. The summed E-state index contributed by atoms with van der Waals surface area (Å²) in [6.07, 6.45) is 1.59. The van der Waals surface area contributed by atoms with Crippen LogP contribution in [0.3, 0.4) is 0 Å². The van der Waals surface area contributed by atoms with E-state index in [-0.39, 0.29) is 5.91 Å². The fraction of sp³-hybridized carbons (Fsp3) is 0.148. The average Bonchev–Trinajstić information content (AvgIpc) is 3.15. The average molecular weight is 517 g/mol. The number of nitrogens with zero attached hydrogens (tertiary/aromatic N) is 3. The Hall–Kier alpha value is -3.71. The highest BCUT2D eigenvalue weighted by atomic mass is 79.9. The summed E-state index contributed by atoms with van der Waals surface area (Å²) in [6.45, 7) is 5.03. The third-order valence-corrected chi connectivity index (χ3v) is 5.75. The first-order chi connectivity index (χ1) is 16.5. The van der Waals surface area contributed by atoms with Crippen LogP contribution in [0, 0.1) is 13.8 Å². The van der Waals surface area contributed by atoms with Crippen LogP contribution in [0.2, 0.25) is 0 Å². The second kappa shape index (κ2) is 10.9. The molecule has 1 aromatic heterocycles. The first-order valence-electron chi connectivity index (χ1n) is 10.9. The SMILES string of the molecule is Cc1cc(C)n(Cc2cccc(C(=O)N/N=C/c3ccccc3OCc3ccc(Br)cc3)c2)n1. The van der Waals surface area contributed by atoms with Crippen molar-refractivity contribution in [1.29, 1.82) is 0 Å². The molecule has 7 heteroatoms. The quantitative estimate of drug-likeness (QED) is 0.243. The summed E-state index contributed by atoms with van der Waals surface area (Å²) in [5.41, 5.74) is 8.03. The highest BCUT2D eigenvalue weighted by molar-refractivity contribution is 9.10. The summed E-state index contributed by atoms with van der Waals surface area (Å²) < 4.78 is 8.91. The smallest absolute Gasteiger partial charge is 0.271 e. The van der Waals surface area contributed by atoms with Gasteiger partial charge in [0.15, 0.2) is 0 Å². The number of carbonyl (C=O) groups excluding carboxylic acids is 1. The van der Waals surface area contributed by atoms with E-state index in [0.717, 1.165) is 32.6 Å². The Bertz CT molecular complexity index is 1310. The minimum Gasteiger partial charge on any atom is -0.488 e. The molecular formula is C27H25BrN4O2. The highest BCUT2D eigenvalue weighted by Gasteiger charge is 2.08. The zero-order chi connectivity index (χ0) is 23.9. The van der Waals surface area contributed by atoms with E-state index in [1.807, 2.05) is 91.3 Å². The third-order valence-electron chi connectivity index (χ3n) is 5.22. The molecular weight excluding hydrogens is 492 g/mol. The van der Waals surface area contributed by atoms with Gasteiger partial charge in [-0.05, 0) is 67.4 Å². The Morgan fingerprint density at radius 1 is 1.03 bits per heavy atom. The van der Waals surface area contributed by atoms with Gasteiger partial charge in [-0.25, -0.2) is 5.43 Å². The van der Waals surface area contributed by atoms with E-state index in [2.05, 4.69) is 31.6 Å². The van der Waals surface area contributed by atoms with Crippen LogP contribution in [0.5, 0.6) is 5.75 Å². The van der Waals surface area contributed by atoms with E-state index in [1.54, 1.807) is 12.3 Å². The van der Waals surface area contributed by atoms with Gasteiger partial charge in [0.2, 0.25) is 0 Å². The summed E-state index contributed by atoms with van der Waals surface area (Å²) in [5.74, 6) is 0.412. The molecule has 3 aromatic carbocycles. The lowest BCUT2D eigenvalue weighted by Gasteiger charge is -2.09. The van der Waals surface area contributed by atoms with Gasteiger partial charge in [-0.1, -0.05) is 52.3 Å². The van der Waals surface area contributed by atoms with Crippen molar-refractivity contribution >= 4 is 28.1 Å². The number of para-hydroxylation sites is 1. The topological polar surface area (TPSA) is 68.5 Å². The summed E-state index contributed by atoms with van der Waals surface area (Å²) in [4.78, 5) is 12.7. The molecule has 0 saturated carbocycles. The Labute approximate surface area is 207 Å². The standard InChI is InChI=1S/C27H25BrN4O2/c1-19-14-20(2)32(31-19)17-22-6-5-8-23(15-22)27(33)30-29-16-24-7-3-4-9-26(24)34-18-21-10-12-25(28)13-11-21/h3-16H,17-18H2,1-2H3,(H,30,33)/b29-16+. The maximum atomic E-state index is 12.7. The van der Waals surface area contributed by atoms with E-state index >= 15 is 0 Å². The maximum absolute atomic E-state index is 12.7. The molecule has 0 radical (unpaired) electrons. The van der Waals surface area contributed by atoms with Crippen LogP contribution in [-0.4, -0.2) is 21.9 Å². The number of nitrogens with one attached hydrogen (secondary N) is 1. The van der Waals surface area contributed by atoms with E-state index in [1.165, 1.54) is 0 Å². The molecule has 4 aromatic rings. The number of hydrogen-bond acceptors (Lipinski definition) is 4. The molecule has 0 unspecified atom stereocenters. The number of benzene rings is 3. The van der Waals surface area contributed by atoms with Gasteiger partial charge < -0.3 is 4.74 Å². The minimum atomic E-state index is -0.278. The summed E-state index contributed by atoms with van der Waals surface area (Å²) in [7, 11) is 0. The Balaban J connectivity index is 1.38. The van der Waals surface area contributed by atoms with Crippen molar-refractivity contribution in [3.63, 3.8) is 0 Å². The molecule has 0 atom stereocenters. The predicted octanol–water partition coefficient (Wildman–Crippen LogP) is 5.65. The molecule has 0 aliphatic rings. The molecule has 0 aliphatic carbocycles. The van der Waals surface area contributed by atoms with Crippen molar-refractivity contribution in [3.05, 3.63) is 117 Å². The summed E-state index contributed by atoms with van der Waals surface area (Å²) in [6, 6.07) is 25.1. The molecule has 0 bridgehead atoms. The van der Waals surface area contributed by atoms with Crippen LogP contribution in [0.1, 0.15) is 38.4 Å². The molecule has 4 rings (SSSR count). The number of amides is 1. The molecule has 1 N–H and O–H groups in total. The largest absolute Gasteiger partial charge is 0.488 e. The molecule has 34 heavy (non-hydrogen) atoms. The van der Waals surface area contributed by atoms with Crippen molar-refractivity contribution in [2.75, 3.05) is 0 Å². The second-order valence-electron chi connectivity index (χ2n) is 7.94. The van der Waals surface area contributed by atoms with Gasteiger partial charge >= 0.3 is 0 Å². The van der Waals surface area contributed by atoms with Crippen LogP contribution in [0.15, 0.2) is 88.4 Å². The number of aryl methyl sites for hydroxylation is 2. The summed E-state index contributed by atoms with van der Waals surface area (Å²) in [5, 5.41) is 8.64. The molecule has 6 nitrogen and oxygen atoms in total. The van der Waals surface area contributed by atoms with Gasteiger partial charge in [-0.2, -0.15) is 10.2 Å². The maximum Gasteiger partial charge on any atom is 0.271 e. The fourth-order valence-corrected chi connectivity index (χ4v) is 3.77. The second-order valence-corrected chi connectivity index (χ2v) is 8.85. The third kappa shape index (κ3) is 6.20. The first kappa shape index (κ1) is 23.4. The number of hydrogen-bond donors (Lipinski definition) is 1. The molecule has 0 fully saturated rings. The Morgan fingerprint density at radius 3 is 2.59 bits per heavy atom. The van der Waals surface area contributed by atoms with Crippen molar-refractivity contribution in [1.82, 2.24) is 15.2 Å². The first-order valence-corrected chi connectivity index (χ1v) is 11.7. The monoisotopic (exact) mass is 516 g/mol. The number of halogens is 1. The van der Waals surface area contributed by atoms with Gasteiger partial charge in [-0.3, -0.25) is 9.48 Å². The van der Waals surface area contributed by atoms with E-state index in [0.29, 0.717) is 24.5 Å². The van der Waals surface area contributed by atoms with Crippen LogP contribution in [0.25, 0.3) is 0 Å². The van der Waals surface area contributed by atoms with E-state index in [9.17, 15) is 4.79 Å². The van der Waals surface area contributed by atoms with Gasteiger partial charge in [0.25, 0.3) is 5.91 Å². The number of aromatic nitrogens is 2. The number of ether oxygens (including phenoxy) is 1. The van der Waals surface area contributed by atoms with Gasteiger partial charge in [0.1, 0.15) is 12.4 Å². The molecule has 0 spiro atoms. The number of carbonyl (C=O) groups is 1. The van der Waals surface area contributed by atoms with Gasteiger partial charge in [0, 0.05) is 21.3 Å². The van der Waals surface area contributed by atoms with Crippen molar-refractivity contribution in [2.45, 2.75) is 27.0 Å². The fourth-order valence-electron chi connectivity index (χ4n) is 3.50. The van der Waals surface area contributed by atoms with Crippen molar-refractivity contribution in [3.8, 4) is 5.75 Å². The Kier molecular flexibility index (Phi) is 7.54.